The summed E-state index contributed by atoms with van der Waals surface area (Å²) in [6.07, 6.45) is 1.41. The Hall–Kier alpha value is -2.88. The minimum Gasteiger partial charge on any atom is -0.493 e. The maximum Gasteiger partial charge on any atom is 0.266 e. The molecule has 0 aliphatic rings. The molecule has 0 saturated heterocycles. The maximum absolute atomic E-state index is 12.5. The molecule has 0 aromatic heterocycles. The summed E-state index contributed by atoms with van der Waals surface area (Å²) in [5, 5.41) is 12.5. The summed E-state index contributed by atoms with van der Waals surface area (Å²) >= 11 is 12.0. The molecule has 2 aromatic carbocycles. The number of nitriles is 1. The first-order valence-corrected chi connectivity index (χ1v) is 8.96. The Bertz CT molecular complexity index is 927. The highest BCUT2D eigenvalue weighted by molar-refractivity contribution is 6.44. The average Bonchev–Trinajstić information content (AvgIpc) is 2.70. The van der Waals surface area contributed by atoms with Crippen molar-refractivity contribution >= 4 is 40.9 Å². The number of carbonyl (C=O) groups is 1. The monoisotopic (exact) mass is 420 g/mol. The third-order valence-electron chi connectivity index (χ3n) is 3.65. The number of hydrogen-bond acceptors (Lipinski definition) is 5. The van der Waals surface area contributed by atoms with E-state index in [0.717, 1.165) is 0 Å². The van der Waals surface area contributed by atoms with Crippen LogP contribution in [0.1, 0.15) is 12.5 Å². The molecule has 8 heteroatoms. The van der Waals surface area contributed by atoms with Crippen LogP contribution in [0.15, 0.2) is 35.9 Å². The van der Waals surface area contributed by atoms with Gasteiger partial charge in [-0.25, -0.2) is 0 Å². The molecule has 0 aliphatic carbocycles. The standard InChI is InChI=1S/C20H18Cl2N2O4/c1-4-28-19-16(26-2)9-12(10-17(19)27-3)8-13(11-23)20(25)24-15-7-5-6-14(21)18(15)22/h5-10H,4H2,1-3H3,(H,24,25). The third-order valence-corrected chi connectivity index (χ3v) is 4.47. The number of ether oxygens (including phenoxy) is 3. The number of amides is 1. The topological polar surface area (TPSA) is 80.6 Å². The molecule has 0 heterocycles. The molecule has 0 radical (unpaired) electrons. The molecule has 0 bridgehead atoms. The van der Waals surface area contributed by atoms with E-state index in [4.69, 9.17) is 37.4 Å². The van der Waals surface area contributed by atoms with Crippen molar-refractivity contribution < 1.29 is 19.0 Å². The molecule has 1 N–H and O–H groups in total. The van der Waals surface area contributed by atoms with Gasteiger partial charge in [0.15, 0.2) is 11.5 Å². The molecule has 0 atom stereocenters. The Morgan fingerprint density at radius 2 is 1.86 bits per heavy atom. The molecule has 146 valence electrons. The van der Waals surface area contributed by atoms with Gasteiger partial charge >= 0.3 is 0 Å². The predicted octanol–water partition coefficient (Wildman–Crippen LogP) is 4.95. The van der Waals surface area contributed by atoms with Crippen LogP contribution in [-0.2, 0) is 4.79 Å². The lowest BCUT2D eigenvalue weighted by Gasteiger charge is -2.14. The van der Waals surface area contributed by atoms with Gasteiger partial charge in [-0.3, -0.25) is 4.79 Å². The van der Waals surface area contributed by atoms with Crippen molar-refractivity contribution in [3.8, 4) is 23.3 Å². The van der Waals surface area contributed by atoms with E-state index in [2.05, 4.69) is 5.32 Å². The van der Waals surface area contributed by atoms with Gasteiger partial charge in [-0.15, -0.1) is 0 Å². The van der Waals surface area contributed by atoms with E-state index in [0.29, 0.717) is 40.1 Å². The van der Waals surface area contributed by atoms with Crippen LogP contribution in [0.3, 0.4) is 0 Å². The number of methoxy groups -OCH3 is 2. The minimum absolute atomic E-state index is 0.135. The molecule has 0 fully saturated rings. The Morgan fingerprint density at radius 1 is 1.21 bits per heavy atom. The van der Waals surface area contributed by atoms with Gasteiger partial charge in [0.05, 0.1) is 36.6 Å². The van der Waals surface area contributed by atoms with E-state index in [1.165, 1.54) is 20.3 Å². The highest BCUT2D eigenvalue weighted by Crippen LogP contribution is 2.39. The van der Waals surface area contributed by atoms with Gasteiger partial charge in [0, 0.05) is 0 Å². The summed E-state index contributed by atoms with van der Waals surface area (Å²) in [6.45, 7) is 2.26. The number of nitrogens with zero attached hydrogens (tertiary/aromatic N) is 1. The Morgan fingerprint density at radius 3 is 2.39 bits per heavy atom. The van der Waals surface area contributed by atoms with Crippen LogP contribution < -0.4 is 19.5 Å². The summed E-state index contributed by atoms with van der Waals surface area (Å²) in [7, 11) is 2.98. The van der Waals surface area contributed by atoms with Gasteiger partial charge in [0.25, 0.3) is 5.91 Å². The van der Waals surface area contributed by atoms with E-state index in [1.54, 1.807) is 30.3 Å². The van der Waals surface area contributed by atoms with Gasteiger partial charge in [-0.05, 0) is 42.8 Å². The van der Waals surface area contributed by atoms with Crippen molar-refractivity contribution in [1.82, 2.24) is 0 Å². The summed E-state index contributed by atoms with van der Waals surface area (Å²) in [5.74, 6) is 0.655. The number of hydrogen-bond donors (Lipinski definition) is 1. The molecule has 0 saturated carbocycles. The molecule has 6 nitrogen and oxygen atoms in total. The van der Waals surface area contributed by atoms with E-state index < -0.39 is 5.91 Å². The van der Waals surface area contributed by atoms with Crippen LogP contribution in [0.2, 0.25) is 10.0 Å². The zero-order valence-electron chi connectivity index (χ0n) is 15.5. The number of halogens is 2. The SMILES string of the molecule is CCOc1c(OC)cc(C=C(C#N)C(=O)Nc2cccc(Cl)c2Cl)cc1OC. The number of anilines is 1. The average molecular weight is 421 g/mol. The summed E-state index contributed by atoms with van der Waals surface area (Å²) in [6, 6.07) is 9.99. The van der Waals surface area contributed by atoms with Crippen LogP contribution in [-0.4, -0.2) is 26.7 Å². The minimum atomic E-state index is -0.626. The molecule has 2 aromatic rings. The Balaban J connectivity index is 2.39. The third kappa shape index (κ3) is 4.89. The van der Waals surface area contributed by atoms with Crippen molar-refractivity contribution in [2.45, 2.75) is 6.92 Å². The fraction of sp³-hybridized carbons (Fsp3) is 0.200. The first kappa shape index (κ1) is 21.4. The molecular weight excluding hydrogens is 403 g/mol. The molecule has 28 heavy (non-hydrogen) atoms. The van der Waals surface area contributed by atoms with Crippen LogP contribution in [0, 0.1) is 11.3 Å². The van der Waals surface area contributed by atoms with Gasteiger partial charge < -0.3 is 19.5 Å². The molecular formula is C20H18Cl2N2O4. The maximum atomic E-state index is 12.5. The first-order valence-electron chi connectivity index (χ1n) is 8.21. The van der Waals surface area contributed by atoms with Crippen molar-refractivity contribution in [1.29, 1.82) is 5.26 Å². The normalized spacial score (nSPS) is 10.8. The highest BCUT2D eigenvalue weighted by atomic mass is 35.5. The quantitative estimate of drug-likeness (QED) is 0.505. The van der Waals surface area contributed by atoms with E-state index in [1.807, 2.05) is 13.0 Å². The number of nitrogens with one attached hydrogen (secondary N) is 1. The van der Waals surface area contributed by atoms with Crippen LogP contribution in [0.5, 0.6) is 17.2 Å². The Kier molecular flexibility index (Phi) is 7.56. The van der Waals surface area contributed by atoms with Crippen LogP contribution >= 0.6 is 23.2 Å². The fourth-order valence-electron chi connectivity index (χ4n) is 2.38. The molecule has 0 aliphatic heterocycles. The lowest BCUT2D eigenvalue weighted by molar-refractivity contribution is -0.112. The summed E-state index contributed by atoms with van der Waals surface area (Å²) in [4.78, 5) is 12.5. The second-order valence-electron chi connectivity index (χ2n) is 5.41. The second-order valence-corrected chi connectivity index (χ2v) is 6.20. The van der Waals surface area contributed by atoms with Crippen molar-refractivity contribution in [2.75, 3.05) is 26.1 Å². The zero-order valence-corrected chi connectivity index (χ0v) is 17.0. The fourth-order valence-corrected chi connectivity index (χ4v) is 2.72. The van der Waals surface area contributed by atoms with E-state index in [9.17, 15) is 10.1 Å². The molecule has 0 spiro atoms. The number of benzene rings is 2. The molecule has 2 rings (SSSR count). The van der Waals surface area contributed by atoms with Crippen molar-refractivity contribution in [3.63, 3.8) is 0 Å². The van der Waals surface area contributed by atoms with Crippen molar-refractivity contribution in [3.05, 3.63) is 51.5 Å². The Labute approximate surface area is 173 Å². The van der Waals surface area contributed by atoms with E-state index >= 15 is 0 Å². The summed E-state index contributed by atoms with van der Waals surface area (Å²) in [5.41, 5.74) is 0.701. The van der Waals surface area contributed by atoms with Gasteiger partial charge in [0.1, 0.15) is 11.6 Å². The zero-order chi connectivity index (χ0) is 20.7. The lowest BCUT2D eigenvalue weighted by atomic mass is 10.1. The van der Waals surface area contributed by atoms with E-state index in [-0.39, 0.29) is 10.6 Å². The number of rotatable bonds is 7. The molecule has 0 unspecified atom stereocenters. The van der Waals surface area contributed by atoms with Gasteiger partial charge in [0.2, 0.25) is 5.75 Å². The number of carbonyl (C=O) groups excluding carboxylic acids is 1. The lowest BCUT2D eigenvalue weighted by Crippen LogP contribution is -2.13. The second kappa shape index (κ2) is 9.88. The van der Waals surface area contributed by atoms with Crippen LogP contribution in [0.4, 0.5) is 5.69 Å². The predicted molar refractivity (Wildman–Crippen MR) is 109 cm³/mol. The molecule has 1 amide bonds. The van der Waals surface area contributed by atoms with Crippen molar-refractivity contribution in [2.24, 2.45) is 0 Å². The van der Waals surface area contributed by atoms with Crippen LogP contribution in [0.25, 0.3) is 6.08 Å². The van der Waals surface area contributed by atoms with Gasteiger partial charge in [-0.1, -0.05) is 29.3 Å². The highest BCUT2D eigenvalue weighted by Gasteiger charge is 2.16. The summed E-state index contributed by atoms with van der Waals surface area (Å²) < 4.78 is 16.2. The largest absolute Gasteiger partial charge is 0.493 e. The first-order chi connectivity index (χ1) is 13.4. The van der Waals surface area contributed by atoms with Gasteiger partial charge in [-0.2, -0.15) is 5.26 Å². The smallest absolute Gasteiger partial charge is 0.266 e.